The van der Waals surface area contributed by atoms with Crippen LogP contribution in [0.2, 0.25) is 0 Å². The zero-order valence-electron chi connectivity index (χ0n) is 31.2. The standard InChI is InChI=1S/C53H37N3O/c1-4-14-36(15-5-1)39-18-12-21-42(34-39)55(43-30-33-51-48(35-43)46-22-10-11-25-50(46)56(51)40-19-8-3-9-20-40)41-28-26-37(27-29-41)44-23-13-24-47-45(44)31-32-49-52(47)57-53(54-49)38-16-6-2-7-17-38/h1-26,28,30-35H,27,29H2. The molecule has 4 heteroatoms. The second kappa shape index (κ2) is 13.7. The van der Waals surface area contributed by atoms with Crippen LogP contribution in [0.5, 0.6) is 0 Å². The molecule has 0 amide bonds. The number of hydrogen-bond acceptors (Lipinski definition) is 3. The molecule has 10 aromatic rings. The van der Waals surface area contributed by atoms with Gasteiger partial charge in [0.05, 0.1) is 11.0 Å². The highest BCUT2D eigenvalue weighted by Crippen LogP contribution is 2.42. The molecule has 270 valence electrons. The smallest absolute Gasteiger partial charge is 0.227 e. The van der Waals surface area contributed by atoms with Crippen molar-refractivity contribution in [3.63, 3.8) is 0 Å². The molecule has 0 atom stereocenters. The van der Waals surface area contributed by atoms with Crippen molar-refractivity contribution in [3.05, 3.63) is 211 Å². The van der Waals surface area contributed by atoms with E-state index in [9.17, 15) is 0 Å². The van der Waals surface area contributed by atoms with Crippen molar-refractivity contribution in [2.24, 2.45) is 0 Å². The Bertz CT molecular complexity index is 3170. The van der Waals surface area contributed by atoms with Crippen LogP contribution in [0.3, 0.4) is 0 Å². The number of oxazole rings is 1. The first-order valence-electron chi connectivity index (χ1n) is 19.6. The predicted molar refractivity (Wildman–Crippen MR) is 237 cm³/mol. The molecule has 0 unspecified atom stereocenters. The minimum atomic E-state index is 0.646. The summed E-state index contributed by atoms with van der Waals surface area (Å²) in [6.45, 7) is 0. The molecule has 0 saturated carbocycles. The molecule has 0 bridgehead atoms. The van der Waals surface area contributed by atoms with Crippen LogP contribution < -0.4 is 4.90 Å². The first-order chi connectivity index (χ1) is 28.3. The van der Waals surface area contributed by atoms with Crippen LogP contribution in [-0.4, -0.2) is 9.55 Å². The molecule has 4 nitrogen and oxygen atoms in total. The van der Waals surface area contributed by atoms with Gasteiger partial charge in [-0.3, -0.25) is 0 Å². The topological polar surface area (TPSA) is 34.2 Å². The third-order valence-corrected chi connectivity index (χ3v) is 11.3. The zero-order chi connectivity index (χ0) is 37.7. The summed E-state index contributed by atoms with van der Waals surface area (Å²) in [6.07, 6.45) is 6.43. The molecule has 11 rings (SSSR count). The summed E-state index contributed by atoms with van der Waals surface area (Å²) in [5.41, 5.74) is 14.7. The lowest BCUT2D eigenvalue weighted by Gasteiger charge is -2.30. The Balaban J connectivity index is 1.04. The lowest BCUT2D eigenvalue weighted by molar-refractivity contribution is 0.623. The first kappa shape index (κ1) is 33.0. The lowest BCUT2D eigenvalue weighted by Crippen LogP contribution is -2.18. The van der Waals surface area contributed by atoms with Gasteiger partial charge in [0.2, 0.25) is 5.89 Å². The molecule has 1 aliphatic rings. The second-order valence-corrected chi connectivity index (χ2v) is 14.7. The van der Waals surface area contributed by atoms with Gasteiger partial charge in [0, 0.05) is 44.5 Å². The van der Waals surface area contributed by atoms with E-state index in [1.807, 2.05) is 30.3 Å². The summed E-state index contributed by atoms with van der Waals surface area (Å²) in [6, 6.07) is 66.9. The number of allylic oxidation sites excluding steroid dienone is 4. The largest absolute Gasteiger partial charge is 0.435 e. The quantitative estimate of drug-likeness (QED) is 0.164. The monoisotopic (exact) mass is 731 g/mol. The Morgan fingerprint density at radius 2 is 1.16 bits per heavy atom. The van der Waals surface area contributed by atoms with Crippen molar-refractivity contribution < 1.29 is 4.42 Å². The van der Waals surface area contributed by atoms with Crippen LogP contribution >= 0.6 is 0 Å². The Labute approximate surface area is 330 Å². The normalized spacial score (nSPS) is 13.0. The number of fused-ring (bicyclic) bond motifs is 6. The number of benzene rings is 8. The van der Waals surface area contributed by atoms with Crippen LogP contribution in [-0.2, 0) is 0 Å². The van der Waals surface area contributed by atoms with Crippen molar-refractivity contribution in [2.75, 3.05) is 4.90 Å². The summed E-state index contributed by atoms with van der Waals surface area (Å²) in [5, 5.41) is 4.73. The van der Waals surface area contributed by atoms with Crippen molar-refractivity contribution in [2.45, 2.75) is 12.8 Å². The van der Waals surface area contributed by atoms with Crippen LogP contribution in [0.1, 0.15) is 18.4 Å². The second-order valence-electron chi connectivity index (χ2n) is 14.7. The van der Waals surface area contributed by atoms with E-state index in [4.69, 9.17) is 9.40 Å². The molecule has 0 fully saturated rings. The van der Waals surface area contributed by atoms with E-state index >= 15 is 0 Å². The van der Waals surface area contributed by atoms with Gasteiger partial charge in [-0.15, -0.1) is 0 Å². The lowest BCUT2D eigenvalue weighted by atomic mass is 9.91. The average molecular weight is 732 g/mol. The molecule has 8 aromatic carbocycles. The molecule has 0 aliphatic heterocycles. The zero-order valence-corrected chi connectivity index (χ0v) is 31.2. The van der Waals surface area contributed by atoms with Gasteiger partial charge >= 0.3 is 0 Å². The maximum absolute atomic E-state index is 6.43. The molecule has 0 N–H and O–H groups in total. The van der Waals surface area contributed by atoms with Crippen molar-refractivity contribution in [1.29, 1.82) is 0 Å². The fourth-order valence-corrected chi connectivity index (χ4v) is 8.66. The number of anilines is 2. The van der Waals surface area contributed by atoms with Crippen LogP contribution in [0, 0.1) is 0 Å². The minimum absolute atomic E-state index is 0.646. The molecule has 0 spiro atoms. The van der Waals surface area contributed by atoms with Crippen LogP contribution in [0.25, 0.3) is 77.5 Å². The highest BCUT2D eigenvalue weighted by atomic mass is 16.3. The predicted octanol–water partition coefficient (Wildman–Crippen LogP) is 14.3. The molecule has 1 aliphatic carbocycles. The summed E-state index contributed by atoms with van der Waals surface area (Å²) in [7, 11) is 0. The number of aromatic nitrogens is 2. The van der Waals surface area contributed by atoms with Gasteiger partial charge in [-0.25, -0.2) is 4.98 Å². The molecular weight excluding hydrogens is 695 g/mol. The van der Waals surface area contributed by atoms with E-state index in [1.165, 1.54) is 55.2 Å². The van der Waals surface area contributed by atoms with Gasteiger partial charge in [-0.05, 0) is 113 Å². The highest BCUT2D eigenvalue weighted by Gasteiger charge is 2.22. The van der Waals surface area contributed by atoms with Gasteiger partial charge in [0.25, 0.3) is 0 Å². The SMILES string of the molecule is C1=C(c2cccc3c2ccc2nc(-c4ccccc4)oc23)CCC(N(c2cccc(-c3ccccc3)c2)c2ccc3c(c2)c2ccccc2n3-c2ccccc2)=C1. The summed E-state index contributed by atoms with van der Waals surface area (Å²) in [4.78, 5) is 7.30. The third-order valence-electron chi connectivity index (χ3n) is 11.3. The van der Waals surface area contributed by atoms with E-state index in [0.29, 0.717) is 5.89 Å². The summed E-state index contributed by atoms with van der Waals surface area (Å²) < 4.78 is 8.81. The number of hydrogen-bond donors (Lipinski definition) is 0. The van der Waals surface area contributed by atoms with E-state index in [0.717, 1.165) is 52.0 Å². The van der Waals surface area contributed by atoms with Crippen LogP contribution in [0.15, 0.2) is 210 Å². The third kappa shape index (κ3) is 5.73. The van der Waals surface area contributed by atoms with Crippen molar-refractivity contribution >= 4 is 60.6 Å². The molecule has 2 aromatic heterocycles. The molecule has 0 radical (unpaired) electrons. The fourth-order valence-electron chi connectivity index (χ4n) is 8.66. The van der Waals surface area contributed by atoms with Crippen LogP contribution in [0.4, 0.5) is 11.4 Å². The van der Waals surface area contributed by atoms with Gasteiger partial charge in [0.15, 0.2) is 5.58 Å². The molecule has 2 heterocycles. The fraction of sp³-hybridized carbons (Fsp3) is 0.0377. The van der Waals surface area contributed by atoms with E-state index in [1.54, 1.807) is 0 Å². The first-order valence-corrected chi connectivity index (χ1v) is 19.6. The van der Waals surface area contributed by atoms with Gasteiger partial charge in [-0.2, -0.15) is 0 Å². The number of nitrogens with zero attached hydrogens (tertiary/aromatic N) is 3. The highest BCUT2D eigenvalue weighted by molar-refractivity contribution is 6.11. The van der Waals surface area contributed by atoms with Gasteiger partial charge in [-0.1, -0.05) is 127 Å². The summed E-state index contributed by atoms with van der Waals surface area (Å²) in [5.74, 6) is 0.646. The van der Waals surface area contributed by atoms with Gasteiger partial charge in [0.1, 0.15) is 5.52 Å². The summed E-state index contributed by atoms with van der Waals surface area (Å²) >= 11 is 0. The number of rotatable bonds is 7. The molecule has 0 saturated heterocycles. The Morgan fingerprint density at radius 1 is 0.474 bits per heavy atom. The molecular formula is C53H37N3O. The number of para-hydroxylation sites is 2. The van der Waals surface area contributed by atoms with Crippen molar-refractivity contribution in [3.8, 4) is 28.3 Å². The maximum atomic E-state index is 6.43. The van der Waals surface area contributed by atoms with Gasteiger partial charge < -0.3 is 13.9 Å². The van der Waals surface area contributed by atoms with E-state index < -0.39 is 0 Å². The Kier molecular flexibility index (Phi) is 7.92. The Hall–Kier alpha value is -7.43. The maximum Gasteiger partial charge on any atom is 0.227 e. The van der Waals surface area contributed by atoms with Crippen molar-refractivity contribution in [1.82, 2.24) is 9.55 Å². The average Bonchev–Trinajstić information content (AvgIpc) is 3.88. The van der Waals surface area contributed by atoms with E-state index in [-0.39, 0.29) is 0 Å². The minimum Gasteiger partial charge on any atom is -0.435 e. The molecule has 57 heavy (non-hydrogen) atoms. The Morgan fingerprint density at radius 3 is 1.96 bits per heavy atom. The van der Waals surface area contributed by atoms with E-state index in [2.05, 4.69) is 179 Å².